The molecule has 4 nitrogen and oxygen atoms in total. The van der Waals surface area contributed by atoms with Gasteiger partial charge in [0.15, 0.2) is 0 Å². The monoisotopic (exact) mass is 385 g/mol. The average Bonchev–Trinajstić information content (AvgIpc) is 2.94. The maximum Gasteiger partial charge on any atom is 0.139 e. The van der Waals surface area contributed by atoms with Crippen LogP contribution in [0.25, 0.3) is 16.9 Å². The van der Waals surface area contributed by atoms with Crippen LogP contribution < -0.4 is 5.32 Å². The number of halogens is 1. The molecule has 1 aromatic carbocycles. The highest BCUT2D eigenvalue weighted by molar-refractivity contribution is 9.10. The Bertz CT molecular complexity index is 868. The minimum absolute atomic E-state index is 0.259. The van der Waals surface area contributed by atoms with Crippen molar-refractivity contribution >= 4 is 27.4 Å². The third kappa shape index (κ3) is 3.00. The minimum Gasteiger partial charge on any atom is -0.508 e. The lowest BCUT2D eigenvalue weighted by Crippen LogP contribution is -2.23. The van der Waals surface area contributed by atoms with Crippen molar-refractivity contribution in [2.45, 2.75) is 38.1 Å². The third-order valence-corrected chi connectivity index (χ3v) is 5.12. The predicted octanol–water partition coefficient (Wildman–Crippen LogP) is 5.21. The zero-order valence-electron chi connectivity index (χ0n) is 13.4. The predicted molar refractivity (Wildman–Crippen MR) is 100 cm³/mol. The Morgan fingerprint density at radius 1 is 1.12 bits per heavy atom. The Hall–Kier alpha value is -2.01. The number of phenols is 1. The highest BCUT2D eigenvalue weighted by atomic mass is 79.9. The van der Waals surface area contributed by atoms with Crippen molar-refractivity contribution in [1.29, 1.82) is 0 Å². The number of aromatic nitrogens is 2. The first-order valence-corrected chi connectivity index (χ1v) is 9.23. The molecule has 2 heterocycles. The van der Waals surface area contributed by atoms with Gasteiger partial charge >= 0.3 is 0 Å². The summed E-state index contributed by atoms with van der Waals surface area (Å²) in [5.74, 6) is 1.26. The van der Waals surface area contributed by atoms with Crippen LogP contribution in [0.3, 0.4) is 0 Å². The van der Waals surface area contributed by atoms with Gasteiger partial charge in [-0.15, -0.1) is 0 Å². The van der Waals surface area contributed by atoms with Crippen LogP contribution in [0, 0.1) is 0 Å². The van der Waals surface area contributed by atoms with E-state index in [2.05, 4.69) is 25.6 Å². The lowest BCUT2D eigenvalue weighted by Gasteiger charge is -2.24. The maximum absolute atomic E-state index is 9.84. The lowest BCUT2D eigenvalue weighted by atomic mass is 9.95. The van der Waals surface area contributed by atoms with Crippen molar-refractivity contribution < 1.29 is 5.11 Å². The number of phenolic OH excluding ortho intramolecular Hbond substituents is 1. The number of fused-ring (bicyclic) bond motifs is 1. The molecule has 2 aromatic heterocycles. The molecule has 2 N–H and O–H groups in total. The smallest absolute Gasteiger partial charge is 0.139 e. The highest BCUT2D eigenvalue weighted by Gasteiger charge is 2.19. The first-order valence-electron chi connectivity index (χ1n) is 8.44. The number of pyridine rings is 1. The van der Waals surface area contributed by atoms with Crippen LogP contribution in [-0.2, 0) is 0 Å². The number of nitrogens with zero attached hydrogens (tertiary/aromatic N) is 2. The standard InChI is InChI=1S/C19H20BrN3O/c20-14-9-10-17-22-18(13-5-4-8-16(24)11-13)19(23(17)12-14)21-15-6-2-1-3-7-15/h4-5,8-12,15,21,24H,1-3,6-7H2. The van der Waals surface area contributed by atoms with Crippen molar-refractivity contribution in [2.24, 2.45) is 0 Å². The average molecular weight is 386 g/mol. The molecule has 0 atom stereocenters. The molecule has 0 saturated heterocycles. The molecule has 1 saturated carbocycles. The Balaban J connectivity index is 1.83. The van der Waals surface area contributed by atoms with Crippen LogP contribution in [0.2, 0.25) is 0 Å². The first-order chi connectivity index (χ1) is 11.7. The van der Waals surface area contributed by atoms with Crippen molar-refractivity contribution in [3.63, 3.8) is 0 Å². The van der Waals surface area contributed by atoms with Gasteiger partial charge in [-0.05, 0) is 53.0 Å². The summed E-state index contributed by atoms with van der Waals surface area (Å²) in [5, 5.41) is 13.6. The number of aromatic hydroxyl groups is 1. The van der Waals surface area contributed by atoms with E-state index in [0.29, 0.717) is 6.04 Å². The summed E-state index contributed by atoms with van der Waals surface area (Å²) in [6.07, 6.45) is 8.32. The Kier molecular flexibility index (Phi) is 4.19. The van der Waals surface area contributed by atoms with Crippen LogP contribution in [0.15, 0.2) is 47.1 Å². The second-order valence-corrected chi connectivity index (χ2v) is 7.33. The third-order valence-electron chi connectivity index (χ3n) is 4.65. The number of hydrogen-bond acceptors (Lipinski definition) is 3. The number of benzene rings is 1. The Morgan fingerprint density at radius 3 is 2.75 bits per heavy atom. The van der Waals surface area contributed by atoms with E-state index < -0.39 is 0 Å². The van der Waals surface area contributed by atoms with E-state index in [1.165, 1.54) is 32.1 Å². The summed E-state index contributed by atoms with van der Waals surface area (Å²) in [7, 11) is 0. The summed E-state index contributed by atoms with van der Waals surface area (Å²) in [6, 6.07) is 11.8. The molecule has 1 fully saturated rings. The first kappa shape index (κ1) is 15.5. The molecule has 3 aromatic rings. The topological polar surface area (TPSA) is 49.6 Å². The van der Waals surface area contributed by atoms with E-state index in [1.807, 2.05) is 30.5 Å². The van der Waals surface area contributed by atoms with Crippen molar-refractivity contribution in [2.75, 3.05) is 5.32 Å². The van der Waals surface area contributed by atoms with Crippen LogP contribution in [0.5, 0.6) is 5.75 Å². The van der Waals surface area contributed by atoms with Gasteiger partial charge in [-0.25, -0.2) is 4.98 Å². The largest absolute Gasteiger partial charge is 0.508 e. The fourth-order valence-corrected chi connectivity index (χ4v) is 3.79. The maximum atomic E-state index is 9.84. The SMILES string of the molecule is Oc1cccc(-c2nc3ccc(Br)cn3c2NC2CCCCC2)c1. The molecule has 0 radical (unpaired) electrons. The van der Waals surface area contributed by atoms with Gasteiger partial charge in [0.25, 0.3) is 0 Å². The fourth-order valence-electron chi connectivity index (χ4n) is 3.45. The lowest BCUT2D eigenvalue weighted by molar-refractivity contribution is 0.461. The summed E-state index contributed by atoms with van der Waals surface area (Å²) in [6.45, 7) is 0. The number of nitrogens with one attached hydrogen (secondary N) is 1. The molecule has 0 aliphatic heterocycles. The number of hydrogen-bond donors (Lipinski definition) is 2. The van der Waals surface area contributed by atoms with E-state index in [0.717, 1.165) is 27.2 Å². The minimum atomic E-state index is 0.259. The molecule has 0 unspecified atom stereocenters. The molecule has 4 rings (SSSR count). The van der Waals surface area contributed by atoms with Crippen molar-refractivity contribution in [1.82, 2.24) is 9.38 Å². The zero-order chi connectivity index (χ0) is 16.5. The normalized spacial score (nSPS) is 15.7. The molecule has 24 heavy (non-hydrogen) atoms. The Morgan fingerprint density at radius 2 is 1.96 bits per heavy atom. The summed E-state index contributed by atoms with van der Waals surface area (Å²) in [4.78, 5) is 4.80. The molecule has 1 aliphatic carbocycles. The van der Waals surface area contributed by atoms with Crippen LogP contribution in [0.4, 0.5) is 5.82 Å². The number of rotatable bonds is 3. The number of anilines is 1. The highest BCUT2D eigenvalue weighted by Crippen LogP contribution is 2.33. The van der Waals surface area contributed by atoms with Crippen molar-refractivity contribution in [3.8, 4) is 17.0 Å². The zero-order valence-corrected chi connectivity index (χ0v) is 15.0. The van der Waals surface area contributed by atoms with Crippen molar-refractivity contribution in [3.05, 3.63) is 47.1 Å². The molecule has 1 aliphatic rings. The fraction of sp³-hybridized carbons (Fsp3) is 0.316. The van der Waals surface area contributed by atoms with E-state index in [-0.39, 0.29) is 5.75 Å². The van der Waals surface area contributed by atoms with E-state index >= 15 is 0 Å². The van der Waals surface area contributed by atoms with Crippen LogP contribution >= 0.6 is 15.9 Å². The van der Waals surface area contributed by atoms with Crippen LogP contribution in [0.1, 0.15) is 32.1 Å². The van der Waals surface area contributed by atoms with E-state index in [4.69, 9.17) is 4.98 Å². The molecule has 0 spiro atoms. The van der Waals surface area contributed by atoms with Gasteiger partial charge in [-0.1, -0.05) is 31.4 Å². The van der Waals surface area contributed by atoms with E-state index in [9.17, 15) is 5.11 Å². The molecule has 5 heteroatoms. The second-order valence-electron chi connectivity index (χ2n) is 6.41. The van der Waals surface area contributed by atoms with Gasteiger partial charge in [0.05, 0.1) is 0 Å². The molecular weight excluding hydrogens is 366 g/mol. The van der Waals surface area contributed by atoms with E-state index in [1.54, 1.807) is 12.1 Å². The summed E-state index contributed by atoms with van der Waals surface area (Å²) in [5.41, 5.74) is 2.71. The van der Waals surface area contributed by atoms with Gasteiger partial charge in [0.1, 0.15) is 22.9 Å². The molecule has 0 bridgehead atoms. The van der Waals surface area contributed by atoms with Gasteiger partial charge in [0, 0.05) is 22.3 Å². The quantitative estimate of drug-likeness (QED) is 0.649. The molecule has 0 amide bonds. The van der Waals surface area contributed by atoms with Gasteiger partial charge in [-0.2, -0.15) is 0 Å². The van der Waals surface area contributed by atoms with Gasteiger partial charge < -0.3 is 10.4 Å². The Labute approximate surface area is 149 Å². The molecular formula is C19H20BrN3O. The molecule has 124 valence electrons. The summed E-state index contributed by atoms with van der Waals surface area (Å²) < 4.78 is 3.11. The summed E-state index contributed by atoms with van der Waals surface area (Å²) >= 11 is 3.55. The van der Waals surface area contributed by atoms with Gasteiger partial charge in [-0.3, -0.25) is 4.40 Å². The second kappa shape index (κ2) is 6.48. The number of imidazole rings is 1. The van der Waals surface area contributed by atoms with Gasteiger partial charge in [0.2, 0.25) is 0 Å². The van der Waals surface area contributed by atoms with Crippen LogP contribution in [-0.4, -0.2) is 20.5 Å².